The third-order valence-electron chi connectivity index (χ3n) is 17.4. The summed E-state index contributed by atoms with van der Waals surface area (Å²) >= 11 is 0. The zero-order valence-electron chi connectivity index (χ0n) is 55.5. The third kappa shape index (κ3) is 67.2. The van der Waals surface area contributed by atoms with E-state index in [-0.39, 0.29) is 18.5 Å². The van der Waals surface area contributed by atoms with Crippen LogP contribution < -0.4 is 5.32 Å². The molecule has 0 saturated carbocycles. The van der Waals surface area contributed by atoms with Gasteiger partial charge in [-0.3, -0.25) is 9.59 Å². The minimum absolute atomic E-state index is 0.00733. The van der Waals surface area contributed by atoms with Gasteiger partial charge in [0.25, 0.3) is 0 Å². The number of rotatable bonds is 70. The standard InChI is InChI=1S/C76H145NO5/c1-3-5-7-9-11-13-15-17-19-40-44-48-52-56-60-64-68-74(79)73(72-78)77-75(80)69-65-61-57-53-49-45-41-38-36-34-32-30-28-26-24-22-21-23-25-27-29-31-33-35-37-39-43-47-51-55-59-63-67-71-82-76(81)70-66-62-58-54-50-46-42-20-18-16-14-12-10-8-6-4-2/h20,25,27,31,33,42,73-74,78-79H,3-19,21-24,26,28-30,32,34-41,43-72H2,1-2H3,(H,77,80)/b27-25-,33-31-,42-20-. The van der Waals surface area contributed by atoms with E-state index in [0.717, 1.165) is 51.4 Å². The van der Waals surface area contributed by atoms with Crippen molar-refractivity contribution in [1.82, 2.24) is 5.32 Å². The first-order chi connectivity index (χ1) is 40.5. The van der Waals surface area contributed by atoms with Crippen LogP contribution in [0.4, 0.5) is 0 Å². The van der Waals surface area contributed by atoms with E-state index in [9.17, 15) is 19.8 Å². The molecule has 2 atom stereocenters. The van der Waals surface area contributed by atoms with Crippen LogP contribution in [0.3, 0.4) is 0 Å². The highest BCUT2D eigenvalue weighted by Crippen LogP contribution is 2.19. The van der Waals surface area contributed by atoms with Crippen LogP contribution in [0.15, 0.2) is 36.5 Å². The number of ether oxygens (including phenoxy) is 1. The number of esters is 1. The summed E-state index contributed by atoms with van der Waals surface area (Å²) in [4.78, 5) is 24.6. The lowest BCUT2D eigenvalue weighted by atomic mass is 10.0. The molecule has 484 valence electrons. The maximum atomic E-state index is 12.5. The van der Waals surface area contributed by atoms with Crippen LogP contribution >= 0.6 is 0 Å². The lowest BCUT2D eigenvalue weighted by molar-refractivity contribution is -0.143. The van der Waals surface area contributed by atoms with Crippen molar-refractivity contribution in [2.45, 2.75) is 424 Å². The molecule has 0 fully saturated rings. The Hall–Kier alpha value is -1.92. The van der Waals surface area contributed by atoms with Crippen LogP contribution in [-0.2, 0) is 14.3 Å². The van der Waals surface area contributed by atoms with Crippen LogP contribution in [0.25, 0.3) is 0 Å². The number of amides is 1. The molecule has 3 N–H and O–H groups in total. The van der Waals surface area contributed by atoms with Crippen molar-refractivity contribution in [3.8, 4) is 0 Å². The Bertz CT molecular complexity index is 1330. The van der Waals surface area contributed by atoms with Gasteiger partial charge in [0, 0.05) is 12.8 Å². The summed E-state index contributed by atoms with van der Waals surface area (Å²) in [5.41, 5.74) is 0. The van der Waals surface area contributed by atoms with E-state index in [1.54, 1.807) is 0 Å². The van der Waals surface area contributed by atoms with Gasteiger partial charge in [-0.1, -0.05) is 352 Å². The molecular formula is C76H145NO5. The molecule has 6 nitrogen and oxygen atoms in total. The van der Waals surface area contributed by atoms with Crippen LogP contribution in [0, 0.1) is 0 Å². The minimum atomic E-state index is -0.663. The number of aliphatic hydroxyl groups excluding tert-OH is 2. The maximum Gasteiger partial charge on any atom is 0.305 e. The second-order valence-electron chi connectivity index (χ2n) is 25.6. The fourth-order valence-electron chi connectivity index (χ4n) is 11.7. The van der Waals surface area contributed by atoms with Crippen molar-refractivity contribution in [2.24, 2.45) is 0 Å². The molecule has 0 aromatic heterocycles. The predicted molar refractivity (Wildman–Crippen MR) is 361 cm³/mol. The molecule has 0 aliphatic rings. The number of carbonyl (C=O) groups is 2. The quantitative estimate of drug-likeness (QED) is 0.0320. The summed E-state index contributed by atoms with van der Waals surface area (Å²) in [6, 6.07) is -0.540. The molecule has 0 aliphatic heterocycles. The van der Waals surface area contributed by atoms with Crippen LogP contribution in [0.5, 0.6) is 0 Å². The van der Waals surface area contributed by atoms with Crippen molar-refractivity contribution >= 4 is 11.9 Å². The monoisotopic (exact) mass is 1150 g/mol. The van der Waals surface area contributed by atoms with Gasteiger partial charge in [-0.15, -0.1) is 0 Å². The van der Waals surface area contributed by atoms with Gasteiger partial charge in [-0.05, 0) is 83.5 Å². The zero-order valence-corrected chi connectivity index (χ0v) is 55.5. The summed E-state index contributed by atoms with van der Waals surface area (Å²) < 4.78 is 5.49. The van der Waals surface area contributed by atoms with Gasteiger partial charge in [0.1, 0.15) is 0 Å². The Morgan fingerprint density at radius 3 is 0.939 bits per heavy atom. The van der Waals surface area contributed by atoms with Crippen LogP contribution in [-0.4, -0.2) is 47.4 Å². The van der Waals surface area contributed by atoms with E-state index < -0.39 is 12.1 Å². The Morgan fingerprint density at radius 2 is 0.610 bits per heavy atom. The summed E-state index contributed by atoms with van der Waals surface area (Å²) in [7, 11) is 0. The molecule has 0 radical (unpaired) electrons. The average molecular weight is 1150 g/mol. The van der Waals surface area contributed by atoms with E-state index in [2.05, 4.69) is 55.6 Å². The zero-order chi connectivity index (χ0) is 59.2. The average Bonchev–Trinajstić information content (AvgIpc) is 3.48. The lowest BCUT2D eigenvalue weighted by Gasteiger charge is -2.22. The van der Waals surface area contributed by atoms with E-state index >= 15 is 0 Å². The van der Waals surface area contributed by atoms with Crippen molar-refractivity contribution in [3.05, 3.63) is 36.5 Å². The summed E-state index contributed by atoms with van der Waals surface area (Å²) in [6.07, 6.45) is 92.1. The van der Waals surface area contributed by atoms with E-state index in [4.69, 9.17) is 4.74 Å². The highest BCUT2D eigenvalue weighted by Gasteiger charge is 2.20. The molecule has 0 heterocycles. The number of hydrogen-bond acceptors (Lipinski definition) is 5. The molecule has 0 spiro atoms. The van der Waals surface area contributed by atoms with Gasteiger partial charge in [-0.25, -0.2) is 0 Å². The fourth-order valence-corrected chi connectivity index (χ4v) is 11.7. The molecular weight excluding hydrogens is 1010 g/mol. The summed E-state index contributed by atoms with van der Waals surface area (Å²) in [6.45, 7) is 4.98. The molecule has 0 bridgehead atoms. The van der Waals surface area contributed by atoms with Gasteiger partial charge in [-0.2, -0.15) is 0 Å². The lowest BCUT2D eigenvalue weighted by Crippen LogP contribution is -2.45. The predicted octanol–water partition coefficient (Wildman–Crippen LogP) is 24.3. The first-order valence-electron chi connectivity index (χ1n) is 37.2. The van der Waals surface area contributed by atoms with Gasteiger partial charge < -0.3 is 20.3 Å². The van der Waals surface area contributed by atoms with Crippen molar-refractivity contribution in [2.75, 3.05) is 13.2 Å². The molecule has 82 heavy (non-hydrogen) atoms. The highest BCUT2D eigenvalue weighted by atomic mass is 16.5. The number of carbonyl (C=O) groups excluding carboxylic acids is 2. The van der Waals surface area contributed by atoms with Crippen LogP contribution in [0.1, 0.15) is 412 Å². The molecule has 0 aromatic rings. The SMILES string of the molecule is CCCCCCCCC/C=C\CCCCCCCC(=O)OCCCCCCCCCCC/C=C\C/C=C\CCCCCCCCCCCCCCCCCCCC(=O)NC(CO)C(O)CCCCCCCCCCCCCCCCCC. The largest absolute Gasteiger partial charge is 0.466 e. The third-order valence-corrected chi connectivity index (χ3v) is 17.4. The summed E-state index contributed by atoms with van der Waals surface area (Å²) in [5.74, 6) is -0.0226. The second kappa shape index (κ2) is 71.6. The van der Waals surface area contributed by atoms with E-state index in [0.29, 0.717) is 25.9 Å². The van der Waals surface area contributed by atoms with Gasteiger partial charge in [0.2, 0.25) is 5.91 Å². The van der Waals surface area contributed by atoms with Crippen molar-refractivity contribution in [1.29, 1.82) is 0 Å². The molecule has 0 aromatic carbocycles. The Labute approximate surface area is 513 Å². The van der Waals surface area contributed by atoms with Crippen molar-refractivity contribution < 1.29 is 24.5 Å². The molecule has 1 amide bonds. The van der Waals surface area contributed by atoms with E-state index in [1.165, 1.54) is 327 Å². The second-order valence-corrected chi connectivity index (χ2v) is 25.6. The Balaban J connectivity index is 3.37. The molecule has 6 heteroatoms. The Kier molecular flexibility index (Phi) is 69.9. The Morgan fingerprint density at radius 1 is 0.341 bits per heavy atom. The number of nitrogens with one attached hydrogen (secondary N) is 1. The number of aliphatic hydroxyl groups is 2. The molecule has 0 saturated heterocycles. The maximum absolute atomic E-state index is 12.5. The highest BCUT2D eigenvalue weighted by molar-refractivity contribution is 5.76. The number of hydrogen-bond donors (Lipinski definition) is 3. The molecule has 0 rings (SSSR count). The van der Waals surface area contributed by atoms with E-state index in [1.807, 2.05) is 0 Å². The minimum Gasteiger partial charge on any atom is -0.466 e. The van der Waals surface area contributed by atoms with Gasteiger partial charge >= 0.3 is 5.97 Å². The normalized spacial score (nSPS) is 12.7. The van der Waals surface area contributed by atoms with Crippen molar-refractivity contribution in [3.63, 3.8) is 0 Å². The van der Waals surface area contributed by atoms with Gasteiger partial charge in [0.15, 0.2) is 0 Å². The van der Waals surface area contributed by atoms with Gasteiger partial charge in [0.05, 0.1) is 25.4 Å². The first kappa shape index (κ1) is 80.1. The summed E-state index contributed by atoms with van der Waals surface area (Å²) in [5, 5.41) is 23.4. The smallest absolute Gasteiger partial charge is 0.305 e. The molecule has 0 aliphatic carbocycles. The topological polar surface area (TPSA) is 95.9 Å². The number of unbranched alkanes of at least 4 members (excludes halogenated alkanes) is 53. The van der Waals surface area contributed by atoms with Crippen LogP contribution in [0.2, 0.25) is 0 Å². The number of allylic oxidation sites excluding steroid dienone is 6. The fraction of sp³-hybridized carbons (Fsp3) is 0.895. The first-order valence-corrected chi connectivity index (χ1v) is 37.2. The molecule has 2 unspecified atom stereocenters.